The van der Waals surface area contributed by atoms with Gasteiger partial charge in [-0.1, -0.05) is 15.9 Å². The zero-order valence-electron chi connectivity index (χ0n) is 10.6. The lowest BCUT2D eigenvalue weighted by atomic mass is 10.2. The molecule has 1 N–H and O–H groups in total. The van der Waals surface area contributed by atoms with Crippen LogP contribution in [-0.2, 0) is 4.74 Å². The zero-order valence-corrected chi connectivity index (χ0v) is 12.2. The Morgan fingerprint density at radius 1 is 1.53 bits per heavy atom. The second kappa shape index (κ2) is 7.03. The molecular weight excluding hydrogens is 318 g/mol. The molecule has 0 aliphatic heterocycles. The highest BCUT2D eigenvalue weighted by Gasteiger charge is 2.16. The molecule has 0 saturated carbocycles. The van der Waals surface area contributed by atoms with Gasteiger partial charge in [-0.05, 0) is 13.3 Å². The van der Waals surface area contributed by atoms with Gasteiger partial charge in [0.05, 0.1) is 18.4 Å². The molecular formula is C11H14BrN3O4. The van der Waals surface area contributed by atoms with Crippen LogP contribution in [0.25, 0.3) is 0 Å². The molecule has 0 atom stereocenters. The molecule has 7 nitrogen and oxygen atoms in total. The summed E-state index contributed by atoms with van der Waals surface area (Å²) in [5, 5.41) is 3.28. The number of carbonyl (C=O) groups excluding carboxylic acids is 2. The number of halogens is 1. The van der Waals surface area contributed by atoms with Gasteiger partial charge in [0.25, 0.3) is 0 Å². The summed E-state index contributed by atoms with van der Waals surface area (Å²) in [6.45, 7) is 1.92. The number of carbonyl (C=O) groups is 2. The number of alkyl halides is 1. The Balaban J connectivity index is 3.04. The van der Waals surface area contributed by atoms with Crippen LogP contribution in [0, 0.1) is 6.92 Å². The highest BCUT2D eigenvalue weighted by Crippen LogP contribution is 2.03. The first kappa shape index (κ1) is 15.4. The topological polar surface area (TPSA) is 90.3 Å². The molecule has 0 aromatic carbocycles. The minimum atomic E-state index is -0.735. The Kier molecular flexibility index (Phi) is 5.68. The quantitative estimate of drug-likeness (QED) is 0.497. The van der Waals surface area contributed by atoms with Crippen molar-refractivity contribution in [2.45, 2.75) is 13.3 Å². The molecule has 1 amide bonds. The van der Waals surface area contributed by atoms with Crippen LogP contribution in [0.5, 0.6) is 0 Å². The SMILES string of the molecule is COC(=O)c1cn(C(=O)NCCCBr)c(=O)nc1C. The van der Waals surface area contributed by atoms with Crippen LogP contribution in [0.1, 0.15) is 22.5 Å². The maximum absolute atomic E-state index is 11.8. The van der Waals surface area contributed by atoms with Gasteiger partial charge >= 0.3 is 17.7 Å². The van der Waals surface area contributed by atoms with E-state index in [9.17, 15) is 14.4 Å². The molecule has 0 bridgehead atoms. The Hall–Kier alpha value is -1.70. The number of hydrogen-bond acceptors (Lipinski definition) is 5. The van der Waals surface area contributed by atoms with Gasteiger partial charge in [-0.15, -0.1) is 0 Å². The number of rotatable bonds is 4. The first-order valence-corrected chi connectivity index (χ1v) is 6.66. The Labute approximate surface area is 118 Å². The fourth-order valence-corrected chi connectivity index (χ4v) is 1.62. The number of methoxy groups -OCH3 is 1. The number of aryl methyl sites for hydroxylation is 1. The lowest BCUT2D eigenvalue weighted by molar-refractivity contribution is 0.0598. The van der Waals surface area contributed by atoms with Crippen LogP contribution in [0.15, 0.2) is 11.0 Å². The van der Waals surface area contributed by atoms with E-state index < -0.39 is 17.7 Å². The number of nitrogens with zero attached hydrogens (tertiary/aromatic N) is 2. The van der Waals surface area contributed by atoms with E-state index in [1.54, 1.807) is 0 Å². The van der Waals surface area contributed by atoms with Gasteiger partial charge in [-0.2, -0.15) is 4.98 Å². The highest BCUT2D eigenvalue weighted by molar-refractivity contribution is 9.09. The van der Waals surface area contributed by atoms with E-state index in [1.807, 2.05) is 0 Å². The standard InChI is InChI=1S/C11H14BrN3O4/c1-7-8(9(16)19-2)6-15(11(18)14-7)10(17)13-5-3-4-12/h6H,3-5H2,1-2H3,(H,13,17). The molecule has 0 radical (unpaired) electrons. The van der Waals surface area contributed by atoms with Crippen molar-refractivity contribution in [3.05, 3.63) is 27.9 Å². The van der Waals surface area contributed by atoms with Crippen LogP contribution >= 0.6 is 15.9 Å². The third kappa shape index (κ3) is 3.88. The molecule has 1 rings (SSSR count). The van der Waals surface area contributed by atoms with Gasteiger partial charge in [0.15, 0.2) is 0 Å². The van der Waals surface area contributed by atoms with Gasteiger partial charge in [-0.3, -0.25) is 0 Å². The van der Waals surface area contributed by atoms with E-state index in [1.165, 1.54) is 14.0 Å². The molecule has 8 heteroatoms. The largest absolute Gasteiger partial charge is 0.465 e. The Morgan fingerprint density at radius 2 is 2.21 bits per heavy atom. The van der Waals surface area contributed by atoms with Gasteiger partial charge in [-0.25, -0.2) is 19.0 Å². The van der Waals surface area contributed by atoms with Crippen molar-refractivity contribution >= 4 is 27.9 Å². The number of amides is 1. The van der Waals surface area contributed by atoms with Crippen LogP contribution < -0.4 is 11.0 Å². The molecule has 0 saturated heterocycles. The highest BCUT2D eigenvalue weighted by atomic mass is 79.9. The lowest BCUT2D eigenvalue weighted by Crippen LogP contribution is -2.38. The zero-order chi connectivity index (χ0) is 14.4. The maximum atomic E-state index is 11.8. The second-order valence-electron chi connectivity index (χ2n) is 3.66. The minimum absolute atomic E-state index is 0.0812. The number of aromatic nitrogens is 2. The van der Waals surface area contributed by atoms with Crippen molar-refractivity contribution in [2.24, 2.45) is 0 Å². The molecule has 1 aromatic rings. The lowest BCUT2D eigenvalue weighted by Gasteiger charge is -2.08. The molecule has 0 fully saturated rings. The number of nitrogens with one attached hydrogen (secondary N) is 1. The van der Waals surface area contributed by atoms with Crippen molar-refractivity contribution < 1.29 is 14.3 Å². The Morgan fingerprint density at radius 3 is 2.79 bits per heavy atom. The fraction of sp³-hybridized carbons (Fsp3) is 0.455. The number of ether oxygens (including phenoxy) is 1. The van der Waals surface area contributed by atoms with E-state index in [4.69, 9.17) is 0 Å². The average molecular weight is 332 g/mol. The van der Waals surface area contributed by atoms with Gasteiger partial charge in [0.2, 0.25) is 0 Å². The summed E-state index contributed by atoms with van der Waals surface area (Å²) in [5.74, 6) is -0.646. The summed E-state index contributed by atoms with van der Waals surface area (Å²) in [7, 11) is 1.22. The van der Waals surface area contributed by atoms with Crippen molar-refractivity contribution in [1.82, 2.24) is 14.9 Å². The van der Waals surface area contributed by atoms with Crippen molar-refractivity contribution in [1.29, 1.82) is 0 Å². The molecule has 0 aliphatic rings. The molecule has 104 valence electrons. The predicted molar refractivity (Wildman–Crippen MR) is 71.8 cm³/mol. The molecule has 1 heterocycles. The summed E-state index contributed by atoms with van der Waals surface area (Å²) < 4.78 is 5.32. The fourth-order valence-electron chi connectivity index (χ4n) is 1.34. The van der Waals surface area contributed by atoms with E-state index >= 15 is 0 Å². The molecule has 0 spiro atoms. The van der Waals surface area contributed by atoms with E-state index in [0.29, 0.717) is 6.54 Å². The smallest absolute Gasteiger partial charge is 0.356 e. The monoisotopic (exact) mass is 331 g/mol. The summed E-state index contributed by atoms with van der Waals surface area (Å²) in [6, 6.07) is -0.622. The molecule has 1 aromatic heterocycles. The third-order valence-electron chi connectivity index (χ3n) is 2.33. The first-order valence-electron chi connectivity index (χ1n) is 5.54. The van der Waals surface area contributed by atoms with E-state index in [2.05, 4.69) is 31.0 Å². The summed E-state index contributed by atoms with van der Waals surface area (Å²) in [6.07, 6.45) is 1.86. The van der Waals surface area contributed by atoms with Crippen LogP contribution in [0.4, 0.5) is 4.79 Å². The normalized spacial score (nSPS) is 10.1. The summed E-state index contributed by atoms with van der Waals surface area (Å²) in [4.78, 5) is 38.5. The Bertz CT molecular complexity index is 541. The van der Waals surface area contributed by atoms with Crippen molar-refractivity contribution in [2.75, 3.05) is 19.0 Å². The van der Waals surface area contributed by atoms with Gasteiger partial charge < -0.3 is 10.1 Å². The first-order chi connectivity index (χ1) is 9.01. The maximum Gasteiger partial charge on any atom is 0.356 e. The van der Waals surface area contributed by atoms with Gasteiger partial charge in [0.1, 0.15) is 0 Å². The van der Waals surface area contributed by atoms with Crippen LogP contribution in [0.2, 0.25) is 0 Å². The van der Waals surface area contributed by atoms with Crippen LogP contribution in [0.3, 0.4) is 0 Å². The average Bonchev–Trinajstić information content (AvgIpc) is 2.38. The van der Waals surface area contributed by atoms with E-state index in [-0.39, 0.29) is 11.3 Å². The number of esters is 1. The number of hydrogen-bond donors (Lipinski definition) is 1. The molecule has 19 heavy (non-hydrogen) atoms. The van der Waals surface area contributed by atoms with Crippen LogP contribution in [-0.4, -0.2) is 40.5 Å². The van der Waals surface area contributed by atoms with Crippen molar-refractivity contribution in [3.8, 4) is 0 Å². The summed E-state index contributed by atoms with van der Waals surface area (Å²) in [5.41, 5.74) is -0.430. The third-order valence-corrected chi connectivity index (χ3v) is 2.89. The molecule has 0 unspecified atom stereocenters. The second-order valence-corrected chi connectivity index (χ2v) is 4.45. The molecule has 0 aliphatic carbocycles. The van der Waals surface area contributed by atoms with Gasteiger partial charge in [0, 0.05) is 18.1 Å². The minimum Gasteiger partial charge on any atom is -0.465 e. The summed E-state index contributed by atoms with van der Waals surface area (Å²) >= 11 is 3.23. The van der Waals surface area contributed by atoms with Crippen molar-refractivity contribution in [3.63, 3.8) is 0 Å². The predicted octanol–water partition coefficient (Wildman–Crippen LogP) is 0.681. The van der Waals surface area contributed by atoms with E-state index in [0.717, 1.165) is 22.5 Å².